The van der Waals surface area contributed by atoms with Crippen molar-refractivity contribution in [2.24, 2.45) is 0 Å². The Balaban J connectivity index is 3.28. The second-order valence-corrected chi connectivity index (χ2v) is 2.56. The van der Waals surface area contributed by atoms with Crippen molar-refractivity contribution in [2.75, 3.05) is 20.2 Å². The van der Waals surface area contributed by atoms with Crippen LogP contribution in [0.25, 0.3) is 0 Å². The highest BCUT2D eigenvalue weighted by Gasteiger charge is 2.13. The van der Waals surface area contributed by atoms with E-state index in [4.69, 9.17) is 15.3 Å². The Morgan fingerprint density at radius 3 is 2.36 bits per heavy atom. The van der Waals surface area contributed by atoms with Crippen molar-refractivity contribution in [1.29, 1.82) is 0 Å². The van der Waals surface area contributed by atoms with E-state index < -0.39 is 12.2 Å². The predicted octanol–water partition coefficient (Wildman–Crippen LogP) is -1.30. The molecule has 0 spiro atoms. The van der Waals surface area contributed by atoms with Gasteiger partial charge in [0.2, 0.25) is 0 Å². The fraction of sp³-hybridized carbons (Fsp3) is 1.00. The maximum atomic E-state index is 9.11. The summed E-state index contributed by atoms with van der Waals surface area (Å²) in [5.41, 5.74) is 0. The number of nitrogens with one attached hydrogen (secondary N) is 1. The van der Waals surface area contributed by atoms with Crippen LogP contribution in [0.4, 0.5) is 0 Å². The maximum absolute atomic E-state index is 9.11. The first-order valence-corrected chi connectivity index (χ1v) is 3.84. The molecule has 0 radical (unpaired) electrons. The van der Waals surface area contributed by atoms with Gasteiger partial charge >= 0.3 is 0 Å². The van der Waals surface area contributed by atoms with Crippen LogP contribution in [0.1, 0.15) is 12.8 Å². The number of rotatable bonds is 6. The Bertz CT molecular complexity index is 89.8. The van der Waals surface area contributed by atoms with E-state index in [1.807, 2.05) is 7.05 Å². The van der Waals surface area contributed by atoms with Gasteiger partial charge in [-0.2, -0.15) is 0 Å². The summed E-state index contributed by atoms with van der Waals surface area (Å²) in [6, 6.07) is 0. The quantitative estimate of drug-likeness (QED) is 0.367. The molecule has 0 aromatic carbocycles. The lowest BCUT2D eigenvalue weighted by molar-refractivity contribution is -0.0181. The predicted molar refractivity (Wildman–Crippen MR) is 42.3 cm³/mol. The van der Waals surface area contributed by atoms with Crippen molar-refractivity contribution in [3.63, 3.8) is 0 Å². The smallest absolute Gasteiger partial charge is 0.103 e. The summed E-state index contributed by atoms with van der Waals surface area (Å²) in [5.74, 6) is 0. The van der Waals surface area contributed by atoms with Crippen LogP contribution >= 0.6 is 0 Å². The van der Waals surface area contributed by atoms with Gasteiger partial charge in [0.15, 0.2) is 0 Å². The van der Waals surface area contributed by atoms with Crippen LogP contribution in [0.15, 0.2) is 0 Å². The Hall–Kier alpha value is -0.160. The van der Waals surface area contributed by atoms with Crippen LogP contribution < -0.4 is 5.32 Å². The van der Waals surface area contributed by atoms with Crippen molar-refractivity contribution >= 4 is 0 Å². The Labute approximate surface area is 66.9 Å². The van der Waals surface area contributed by atoms with Crippen LogP contribution in [-0.4, -0.2) is 47.7 Å². The van der Waals surface area contributed by atoms with E-state index in [0.29, 0.717) is 6.42 Å². The standard InChI is InChI=1S/C7H17NO3/c1-8-4-2-3-6(10)7(11)5-9/h6-11H,2-5H2,1H3/t6-,7?/m0/s1. The van der Waals surface area contributed by atoms with Gasteiger partial charge in [-0.25, -0.2) is 0 Å². The van der Waals surface area contributed by atoms with E-state index in [1.54, 1.807) is 0 Å². The van der Waals surface area contributed by atoms with E-state index in [1.165, 1.54) is 0 Å². The molecule has 0 bridgehead atoms. The molecule has 2 atom stereocenters. The first-order chi connectivity index (χ1) is 5.22. The molecule has 0 heterocycles. The van der Waals surface area contributed by atoms with Gasteiger partial charge in [-0.15, -0.1) is 0 Å². The summed E-state index contributed by atoms with van der Waals surface area (Å²) in [4.78, 5) is 0. The van der Waals surface area contributed by atoms with Crippen LogP contribution in [0.2, 0.25) is 0 Å². The van der Waals surface area contributed by atoms with E-state index >= 15 is 0 Å². The summed E-state index contributed by atoms with van der Waals surface area (Å²) in [7, 11) is 1.83. The molecule has 0 saturated carbocycles. The first-order valence-electron chi connectivity index (χ1n) is 3.84. The van der Waals surface area contributed by atoms with E-state index in [-0.39, 0.29) is 6.61 Å². The number of aliphatic hydroxyl groups is 3. The molecular weight excluding hydrogens is 146 g/mol. The molecule has 0 fully saturated rings. The normalized spacial score (nSPS) is 16.4. The molecule has 0 aliphatic carbocycles. The third-order valence-corrected chi connectivity index (χ3v) is 1.56. The molecule has 11 heavy (non-hydrogen) atoms. The SMILES string of the molecule is CNCCC[C@H](O)C(O)CO. The topological polar surface area (TPSA) is 72.7 Å². The summed E-state index contributed by atoms with van der Waals surface area (Å²) in [6.07, 6.45) is -0.475. The summed E-state index contributed by atoms with van der Waals surface area (Å²) in [5, 5.41) is 29.4. The van der Waals surface area contributed by atoms with E-state index in [9.17, 15) is 0 Å². The Morgan fingerprint density at radius 1 is 1.27 bits per heavy atom. The highest BCUT2D eigenvalue weighted by Crippen LogP contribution is 2.00. The third kappa shape index (κ3) is 5.15. The lowest BCUT2D eigenvalue weighted by Crippen LogP contribution is -2.29. The van der Waals surface area contributed by atoms with Gasteiger partial charge in [0.05, 0.1) is 12.7 Å². The largest absolute Gasteiger partial charge is 0.394 e. The van der Waals surface area contributed by atoms with Gasteiger partial charge in [0.25, 0.3) is 0 Å². The average molecular weight is 163 g/mol. The number of hydrogen-bond acceptors (Lipinski definition) is 4. The van der Waals surface area contributed by atoms with Crippen molar-refractivity contribution in [2.45, 2.75) is 25.0 Å². The van der Waals surface area contributed by atoms with Crippen LogP contribution in [-0.2, 0) is 0 Å². The van der Waals surface area contributed by atoms with Crippen LogP contribution in [0.5, 0.6) is 0 Å². The van der Waals surface area contributed by atoms with Gasteiger partial charge in [0, 0.05) is 0 Å². The lowest BCUT2D eigenvalue weighted by Gasteiger charge is -2.14. The van der Waals surface area contributed by atoms with Crippen molar-refractivity contribution < 1.29 is 15.3 Å². The van der Waals surface area contributed by atoms with Gasteiger partial charge in [-0.3, -0.25) is 0 Å². The van der Waals surface area contributed by atoms with Crippen molar-refractivity contribution in [1.82, 2.24) is 5.32 Å². The summed E-state index contributed by atoms with van der Waals surface area (Å²) < 4.78 is 0. The third-order valence-electron chi connectivity index (χ3n) is 1.56. The molecule has 0 aliphatic heterocycles. The highest BCUT2D eigenvalue weighted by molar-refractivity contribution is 4.65. The summed E-state index contributed by atoms with van der Waals surface area (Å²) in [6.45, 7) is 0.440. The minimum Gasteiger partial charge on any atom is -0.394 e. The minimum atomic E-state index is -0.994. The van der Waals surface area contributed by atoms with Gasteiger partial charge in [-0.05, 0) is 26.4 Å². The van der Waals surface area contributed by atoms with Gasteiger partial charge in [-0.1, -0.05) is 0 Å². The molecule has 0 saturated heterocycles. The number of aliphatic hydroxyl groups excluding tert-OH is 3. The first kappa shape index (κ1) is 10.8. The molecule has 0 amide bonds. The fourth-order valence-corrected chi connectivity index (χ4v) is 0.802. The maximum Gasteiger partial charge on any atom is 0.103 e. The van der Waals surface area contributed by atoms with Gasteiger partial charge < -0.3 is 20.6 Å². The number of hydrogen-bond donors (Lipinski definition) is 4. The molecule has 0 rings (SSSR count). The fourth-order valence-electron chi connectivity index (χ4n) is 0.802. The molecule has 4 nitrogen and oxygen atoms in total. The molecule has 0 aliphatic rings. The Morgan fingerprint density at radius 2 is 1.91 bits per heavy atom. The summed E-state index contributed by atoms with van der Waals surface area (Å²) >= 11 is 0. The zero-order valence-electron chi connectivity index (χ0n) is 6.82. The molecular formula is C7H17NO3. The van der Waals surface area contributed by atoms with Crippen molar-refractivity contribution in [3.8, 4) is 0 Å². The Kier molecular flexibility index (Phi) is 6.45. The molecule has 0 aromatic heterocycles. The van der Waals surface area contributed by atoms with Crippen LogP contribution in [0.3, 0.4) is 0 Å². The average Bonchev–Trinajstić information content (AvgIpc) is 2.03. The molecule has 68 valence electrons. The zero-order chi connectivity index (χ0) is 8.69. The van der Waals surface area contributed by atoms with Crippen LogP contribution in [0, 0.1) is 0 Å². The van der Waals surface area contributed by atoms with Crippen molar-refractivity contribution in [3.05, 3.63) is 0 Å². The second kappa shape index (κ2) is 6.54. The lowest BCUT2D eigenvalue weighted by atomic mass is 10.1. The molecule has 4 N–H and O–H groups in total. The molecule has 4 heteroatoms. The minimum absolute atomic E-state index is 0.374. The van der Waals surface area contributed by atoms with E-state index in [0.717, 1.165) is 13.0 Å². The highest BCUT2D eigenvalue weighted by atomic mass is 16.4. The van der Waals surface area contributed by atoms with E-state index in [2.05, 4.69) is 5.32 Å². The monoisotopic (exact) mass is 163 g/mol. The zero-order valence-corrected chi connectivity index (χ0v) is 6.82. The second-order valence-electron chi connectivity index (χ2n) is 2.56. The molecule has 1 unspecified atom stereocenters. The van der Waals surface area contributed by atoms with Gasteiger partial charge in [0.1, 0.15) is 6.10 Å². The molecule has 0 aromatic rings.